The van der Waals surface area contributed by atoms with E-state index < -0.39 is 0 Å². The molecule has 0 aromatic heterocycles. The van der Waals surface area contributed by atoms with E-state index in [1.54, 1.807) is 0 Å². The van der Waals surface area contributed by atoms with Crippen molar-refractivity contribution in [2.24, 2.45) is 11.8 Å². The lowest BCUT2D eigenvalue weighted by atomic mass is 9.80. The van der Waals surface area contributed by atoms with Gasteiger partial charge in [-0.15, -0.1) is 0 Å². The molecule has 0 aromatic rings. The number of nitrogens with one attached hydrogen (secondary N) is 1. The summed E-state index contributed by atoms with van der Waals surface area (Å²) in [7, 11) is 0. The van der Waals surface area contributed by atoms with Gasteiger partial charge in [0.15, 0.2) is 0 Å². The van der Waals surface area contributed by atoms with Crippen LogP contribution in [0.4, 0.5) is 0 Å². The first kappa shape index (κ1) is 14.3. The van der Waals surface area contributed by atoms with Crippen LogP contribution in [0.2, 0.25) is 0 Å². The third kappa shape index (κ3) is 3.71. The molecule has 106 valence electrons. The van der Waals surface area contributed by atoms with Crippen LogP contribution in [-0.2, 0) is 0 Å². The molecule has 1 heterocycles. The van der Waals surface area contributed by atoms with Crippen molar-refractivity contribution in [1.82, 2.24) is 10.2 Å². The molecule has 18 heavy (non-hydrogen) atoms. The second kappa shape index (κ2) is 6.38. The molecule has 0 amide bonds. The minimum atomic E-state index is 0.673. The van der Waals surface area contributed by atoms with Crippen LogP contribution in [0, 0.1) is 11.8 Å². The van der Waals surface area contributed by atoms with Crippen LogP contribution in [0.3, 0.4) is 0 Å². The van der Waals surface area contributed by atoms with Crippen LogP contribution in [0.5, 0.6) is 0 Å². The molecule has 0 radical (unpaired) electrons. The Bertz CT molecular complexity index is 251. The van der Waals surface area contributed by atoms with Crippen molar-refractivity contribution in [3.63, 3.8) is 0 Å². The summed E-state index contributed by atoms with van der Waals surface area (Å²) in [6.07, 6.45) is 7.26. The van der Waals surface area contributed by atoms with E-state index >= 15 is 0 Å². The molecule has 1 aliphatic carbocycles. The predicted molar refractivity (Wildman–Crippen MR) is 78.8 cm³/mol. The second-order valence-corrected chi connectivity index (χ2v) is 7.17. The van der Waals surface area contributed by atoms with E-state index in [1.807, 2.05) is 0 Å². The zero-order chi connectivity index (χ0) is 13.1. The summed E-state index contributed by atoms with van der Waals surface area (Å²) in [5, 5.41) is 3.60. The number of rotatable bonds is 3. The van der Waals surface area contributed by atoms with Gasteiger partial charge in [0.25, 0.3) is 0 Å². The summed E-state index contributed by atoms with van der Waals surface area (Å²) in [6.45, 7) is 11.9. The van der Waals surface area contributed by atoms with Gasteiger partial charge in [0.2, 0.25) is 0 Å². The first-order valence-corrected chi connectivity index (χ1v) is 8.05. The molecule has 1 saturated heterocycles. The lowest BCUT2D eigenvalue weighted by Gasteiger charge is -2.45. The highest BCUT2D eigenvalue weighted by Gasteiger charge is 2.32. The molecule has 4 atom stereocenters. The van der Waals surface area contributed by atoms with Gasteiger partial charge < -0.3 is 5.32 Å². The molecule has 2 heteroatoms. The molecule has 1 aliphatic heterocycles. The second-order valence-electron chi connectivity index (χ2n) is 7.17. The van der Waals surface area contributed by atoms with Crippen molar-refractivity contribution in [3.05, 3.63) is 0 Å². The third-order valence-electron chi connectivity index (χ3n) is 4.84. The van der Waals surface area contributed by atoms with E-state index in [-0.39, 0.29) is 0 Å². The summed E-state index contributed by atoms with van der Waals surface area (Å²) in [5.41, 5.74) is 0. The summed E-state index contributed by atoms with van der Waals surface area (Å²) in [6, 6.07) is 2.26. The van der Waals surface area contributed by atoms with Crippen molar-refractivity contribution in [2.45, 2.75) is 77.9 Å². The van der Waals surface area contributed by atoms with Gasteiger partial charge in [0, 0.05) is 31.2 Å². The Morgan fingerprint density at radius 1 is 1.22 bits per heavy atom. The molecule has 2 aliphatic rings. The Labute approximate surface area is 114 Å². The number of piperazine rings is 1. The van der Waals surface area contributed by atoms with Gasteiger partial charge in [-0.1, -0.05) is 26.7 Å². The Hall–Kier alpha value is -0.0800. The van der Waals surface area contributed by atoms with Gasteiger partial charge in [0.1, 0.15) is 0 Å². The largest absolute Gasteiger partial charge is 0.311 e. The number of hydrogen-bond acceptors (Lipinski definition) is 2. The SMILES string of the molecule is CC(C)CC1CCCC(N2CC(C)NCC2C)C1. The highest BCUT2D eigenvalue weighted by Crippen LogP contribution is 2.33. The monoisotopic (exact) mass is 252 g/mol. The maximum atomic E-state index is 3.60. The van der Waals surface area contributed by atoms with Crippen molar-refractivity contribution in [2.75, 3.05) is 13.1 Å². The fourth-order valence-electron chi connectivity index (χ4n) is 4.00. The van der Waals surface area contributed by atoms with E-state index in [0.29, 0.717) is 6.04 Å². The van der Waals surface area contributed by atoms with E-state index in [9.17, 15) is 0 Å². The fraction of sp³-hybridized carbons (Fsp3) is 1.00. The van der Waals surface area contributed by atoms with Crippen LogP contribution in [0.1, 0.15) is 59.8 Å². The Morgan fingerprint density at radius 2 is 2.00 bits per heavy atom. The molecule has 0 spiro atoms. The summed E-state index contributed by atoms with van der Waals surface area (Å²) in [5.74, 6) is 1.86. The normalized spacial score (nSPS) is 39.2. The van der Waals surface area contributed by atoms with E-state index in [2.05, 4.69) is 37.9 Å². The lowest BCUT2D eigenvalue weighted by Crippen LogP contribution is -2.58. The Balaban J connectivity index is 1.90. The topological polar surface area (TPSA) is 15.3 Å². The maximum Gasteiger partial charge on any atom is 0.0196 e. The summed E-state index contributed by atoms with van der Waals surface area (Å²) in [4.78, 5) is 2.80. The highest BCUT2D eigenvalue weighted by molar-refractivity contribution is 4.89. The summed E-state index contributed by atoms with van der Waals surface area (Å²) < 4.78 is 0. The van der Waals surface area contributed by atoms with Crippen LogP contribution in [0.25, 0.3) is 0 Å². The molecule has 2 fully saturated rings. The maximum absolute atomic E-state index is 3.60. The molecule has 0 aromatic carbocycles. The quantitative estimate of drug-likeness (QED) is 0.829. The Morgan fingerprint density at radius 3 is 2.72 bits per heavy atom. The lowest BCUT2D eigenvalue weighted by molar-refractivity contribution is 0.0563. The molecule has 2 nitrogen and oxygen atoms in total. The fourth-order valence-corrected chi connectivity index (χ4v) is 4.00. The van der Waals surface area contributed by atoms with Crippen molar-refractivity contribution in [1.29, 1.82) is 0 Å². The minimum absolute atomic E-state index is 0.673. The van der Waals surface area contributed by atoms with Crippen molar-refractivity contribution >= 4 is 0 Å². The van der Waals surface area contributed by atoms with Gasteiger partial charge in [0.05, 0.1) is 0 Å². The molecule has 2 rings (SSSR count). The van der Waals surface area contributed by atoms with Gasteiger partial charge in [-0.25, -0.2) is 0 Å². The van der Waals surface area contributed by atoms with Gasteiger partial charge >= 0.3 is 0 Å². The predicted octanol–water partition coefficient (Wildman–Crippen LogP) is 3.27. The van der Waals surface area contributed by atoms with E-state index in [4.69, 9.17) is 0 Å². The zero-order valence-electron chi connectivity index (χ0n) is 12.8. The molecular weight excluding hydrogens is 220 g/mol. The van der Waals surface area contributed by atoms with Crippen LogP contribution in [0.15, 0.2) is 0 Å². The minimum Gasteiger partial charge on any atom is -0.311 e. The average Bonchev–Trinajstić information content (AvgIpc) is 2.32. The third-order valence-corrected chi connectivity index (χ3v) is 4.84. The van der Waals surface area contributed by atoms with E-state index in [0.717, 1.165) is 23.9 Å². The van der Waals surface area contributed by atoms with Crippen molar-refractivity contribution in [3.8, 4) is 0 Å². The average molecular weight is 252 g/mol. The highest BCUT2D eigenvalue weighted by atomic mass is 15.2. The molecule has 0 bridgehead atoms. The first-order chi connectivity index (χ1) is 8.56. The van der Waals surface area contributed by atoms with Gasteiger partial charge in [-0.05, 0) is 44.9 Å². The summed E-state index contributed by atoms with van der Waals surface area (Å²) >= 11 is 0. The molecule has 1 saturated carbocycles. The standard InChI is InChI=1S/C16H32N2/c1-12(2)8-15-6-5-7-16(9-15)18-11-13(3)17-10-14(18)4/h12-17H,5-11H2,1-4H3. The number of hydrogen-bond donors (Lipinski definition) is 1. The van der Waals surface area contributed by atoms with Crippen molar-refractivity contribution < 1.29 is 0 Å². The van der Waals surface area contributed by atoms with E-state index in [1.165, 1.54) is 45.2 Å². The zero-order valence-corrected chi connectivity index (χ0v) is 12.8. The van der Waals surface area contributed by atoms with Crippen LogP contribution < -0.4 is 5.32 Å². The van der Waals surface area contributed by atoms with Crippen LogP contribution in [-0.4, -0.2) is 36.1 Å². The van der Waals surface area contributed by atoms with Gasteiger partial charge in [-0.2, -0.15) is 0 Å². The Kier molecular flexibility index (Phi) is 5.08. The van der Waals surface area contributed by atoms with Gasteiger partial charge in [-0.3, -0.25) is 4.90 Å². The molecular formula is C16H32N2. The number of nitrogens with zero attached hydrogens (tertiary/aromatic N) is 1. The first-order valence-electron chi connectivity index (χ1n) is 8.05. The molecule has 1 N–H and O–H groups in total. The molecule has 4 unspecified atom stereocenters. The van der Waals surface area contributed by atoms with Crippen LogP contribution >= 0.6 is 0 Å². The smallest absolute Gasteiger partial charge is 0.0196 e.